The van der Waals surface area contributed by atoms with Gasteiger partial charge in [0.05, 0.1) is 0 Å². The Labute approximate surface area is 65.1 Å². The molecular formula is H7PSiVZr. The predicted octanol–water partition coefficient (Wildman–Crippen LogP) is -1.40. The van der Waals surface area contributed by atoms with Gasteiger partial charge in [-0.2, -0.15) is 9.90 Å². The van der Waals surface area contributed by atoms with E-state index < -0.39 is 0 Å². The molecule has 0 saturated carbocycles. The van der Waals surface area contributed by atoms with Crippen LogP contribution < -0.4 is 0 Å². The third kappa shape index (κ3) is 8.93. The zero-order chi connectivity index (χ0) is 0. The fraction of sp³-hybridized carbons (Fsp3) is 0. The van der Waals surface area contributed by atoms with Crippen LogP contribution in [0.3, 0.4) is 0 Å². The Kier molecular flexibility index (Phi) is 173. The molecule has 0 aliphatic carbocycles. The summed E-state index contributed by atoms with van der Waals surface area (Å²) in [5.41, 5.74) is 0. The monoisotopic (exact) mass is 207 g/mol. The first-order valence-corrected chi connectivity index (χ1v) is 0. The Hall–Kier alpha value is 2.11. The van der Waals surface area contributed by atoms with Gasteiger partial charge >= 0.3 is 0 Å². The van der Waals surface area contributed by atoms with Crippen molar-refractivity contribution in [2.24, 2.45) is 0 Å². The fourth-order valence-electron chi connectivity index (χ4n) is 0. The van der Waals surface area contributed by atoms with E-state index in [0.29, 0.717) is 0 Å². The van der Waals surface area contributed by atoms with Crippen LogP contribution in [-0.4, -0.2) is 11.0 Å². The van der Waals surface area contributed by atoms with E-state index in [-0.39, 0.29) is 65.6 Å². The minimum atomic E-state index is 0. The Morgan fingerprint density at radius 1 is 1.00 bits per heavy atom. The number of hydrogen-bond acceptors (Lipinski definition) is 0. The molecule has 0 aromatic heterocycles. The van der Waals surface area contributed by atoms with Crippen LogP contribution in [0.1, 0.15) is 0 Å². The Morgan fingerprint density at radius 3 is 1.00 bits per heavy atom. The van der Waals surface area contributed by atoms with Crippen LogP contribution in [0.25, 0.3) is 0 Å². The molecule has 1 radical (unpaired) electrons. The van der Waals surface area contributed by atoms with E-state index in [1.54, 1.807) is 0 Å². The maximum Gasteiger partial charge on any atom is 0 e. The predicted molar refractivity (Wildman–Crippen MR) is 22.4 cm³/mol. The summed E-state index contributed by atoms with van der Waals surface area (Å²) in [7, 11) is 0. The van der Waals surface area contributed by atoms with Gasteiger partial charge in [-0.15, -0.1) is 0 Å². The van der Waals surface area contributed by atoms with Crippen LogP contribution in [0, 0.1) is 0 Å². The molecule has 4 heteroatoms. The van der Waals surface area contributed by atoms with E-state index >= 15 is 0 Å². The molecule has 0 aliphatic heterocycles. The summed E-state index contributed by atoms with van der Waals surface area (Å²) >= 11 is 0. The second kappa shape index (κ2) is 19.4. The van der Waals surface area contributed by atoms with Crippen LogP contribution in [0.2, 0.25) is 0 Å². The standard InChI is InChI=1S/H3P.H4Si.V.Zr/h1H3;1H4;;. The Balaban J connectivity index is 0. The van der Waals surface area contributed by atoms with E-state index in [1.807, 2.05) is 0 Å². The molecule has 1 unspecified atom stereocenters. The van der Waals surface area contributed by atoms with Crippen LogP contribution in [0.15, 0.2) is 0 Å². The average molecular weight is 208 g/mol. The van der Waals surface area contributed by atoms with Gasteiger partial charge in [-0.05, 0) is 11.0 Å². The van der Waals surface area contributed by atoms with Crippen molar-refractivity contribution in [3.8, 4) is 0 Å². The Morgan fingerprint density at radius 2 is 1.00 bits per heavy atom. The summed E-state index contributed by atoms with van der Waals surface area (Å²) in [5.74, 6) is 0. The second-order valence-corrected chi connectivity index (χ2v) is 0. The third-order valence-electron chi connectivity index (χ3n) is 0. The van der Waals surface area contributed by atoms with Crippen LogP contribution in [0.4, 0.5) is 0 Å². The van der Waals surface area contributed by atoms with Gasteiger partial charge in [0.15, 0.2) is 0 Å². The summed E-state index contributed by atoms with van der Waals surface area (Å²) in [6, 6.07) is 0. The van der Waals surface area contributed by atoms with E-state index in [0.717, 1.165) is 0 Å². The van der Waals surface area contributed by atoms with Crippen molar-refractivity contribution in [2.75, 3.05) is 0 Å². The topological polar surface area (TPSA) is 0 Å². The third-order valence-corrected chi connectivity index (χ3v) is 0. The molecule has 25 valence electrons. The SMILES string of the molecule is P.[SiH4].[V].[Zr]. The first-order chi connectivity index (χ1) is 0. The van der Waals surface area contributed by atoms with Gasteiger partial charge < -0.3 is 0 Å². The minimum absolute atomic E-state index is 0. The first-order valence-electron chi connectivity index (χ1n) is 0. The fourth-order valence-corrected chi connectivity index (χ4v) is 0. The van der Waals surface area contributed by atoms with E-state index in [9.17, 15) is 0 Å². The molecule has 0 saturated heterocycles. The van der Waals surface area contributed by atoms with E-state index in [2.05, 4.69) is 0 Å². The molecule has 0 N–H and O–H groups in total. The number of hydrogen-bond donors (Lipinski definition) is 0. The van der Waals surface area contributed by atoms with Crippen molar-refractivity contribution >= 4 is 20.9 Å². The van der Waals surface area contributed by atoms with Crippen molar-refractivity contribution in [1.29, 1.82) is 0 Å². The van der Waals surface area contributed by atoms with Crippen LogP contribution in [-0.2, 0) is 44.8 Å². The molecule has 0 heterocycles. The molecule has 0 amide bonds. The van der Waals surface area contributed by atoms with E-state index in [1.165, 1.54) is 0 Å². The summed E-state index contributed by atoms with van der Waals surface area (Å²) < 4.78 is 0. The maximum absolute atomic E-state index is 0. The van der Waals surface area contributed by atoms with Crippen molar-refractivity contribution in [1.82, 2.24) is 0 Å². The molecule has 0 nitrogen and oxygen atoms in total. The molecule has 1 atom stereocenters. The van der Waals surface area contributed by atoms with Gasteiger partial charge in [0.1, 0.15) is 0 Å². The smallest absolute Gasteiger partial charge is 0 e. The maximum atomic E-state index is 0. The number of rotatable bonds is 0. The molecule has 0 aliphatic rings. The summed E-state index contributed by atoms with van der Waals surface area (Å²) in [6.45, 7) is 0. The zero-order valence-corrected chi connectivity index (χ0v) is 6.92. The van der Waals surface area contributed by atoms with Crippen molar-refractivity contribution in [2.45, 2.75) is 0 Å². The molecule has 0 rings (SSSR count). The van der Waals surface area contributed by atoms with Gasteiger partial charge in [-0.25, -0.2) is 0 Å². The molecule has 0 fully saturated rings. The van der Waals surface area contributed by atoms with Gasteiger partial charge in [-0.3, -0.25) is 0 Å². The quantitative estimate of drug-likeness (QED) is 0.339. The van der Waals surface area contributed by atoms with Gasteiger partial charge in [0.2, 0.25) is 0 Å². The van der Waals surface area contributed by atoms with Crippen LogP contribution >= 0.6 is 9.90 Å². The van der Waals surface area contributed by atoms with Gasteiger partial charge in [-0.1, -0.05) is 0 Å². The van der Waals surface area contributed by atoms with Crippen molar-refractivity contribution in [3.05, 3.63) is 0 Å². The van der Waals surface area contributed by atoms with Crippen LogP contribution in [0.5, 0.6) is 0 Å². The van der Waals surface area contributed by atoms with Gasteiger partial charge in [0, 0.05) is 44.8 Å². The largest absolute Gasteiger partial charge is 0.153 e. The summed E-state index contributed by atoms with van der Waals surface area (Å²) in [4.78, 5) is 0. The van der Waals surface area contributed by atoms with E-state index in [4.69, 9.17) is 0 Å². The molecular weight excluding hydrogens is 201 g/mol. The van der Waals surface area contributed by atoms with Crippen molar-refractivity contribution < 1.29 is 44.8 Å². The Bertz CT molecular complexity index is 8.00. The summed E-state index contributed by atoms with van der Waals surface area (Å²) in [6.07, 6.45) is 0. The molecule has 0 spiro atoms. The van der Waals surface area contributed by atoms with Gasteiger partial charge in [0.25, 0.3) is 0 Å². The average Bonchev–Trinajstić information content (AvgIpc) is 0. The molecule has 4 heavy (non-hydrogen) atoms. The van der Waals surface area contributed by atoms with Crippen molar-refractivity contribution in [3.63, 3.8) is 0 Å². The molecule has 0 aromatic rings. The zero-order valence-electron chi connectivity index (χ0n) is 1.65. The summed E-state index contributed by atoms with van der Waals surface area (Å²) in [5, 5.41) is 0. The first kappa shape index (κ1) is 35.8. The normalized spacial score (nSPS) is 0. The molecule has 0 aromatic carbocycles. The molecule has 0 bridgehead atoms. The second-order valence-electron chi connectivity index (χ2n) is 0. The minimum Gasteiger partial charge on any atom is -0.153 e.